The molecular formula is C19H28Br2N4O2. The molecular weight excluding hydrogens is 476 g/mol. The number of phenolic OH excluding ortho intramolecular Hbond substituents is 1. The molecule has 2 aliphatic rings. The van der Waals surface area contributed by atoms with Gasteiger partial charge in [-0.3, -0.25) is 9.69 Å². The Hall–Kier alpha value is -0.670. The first-order valence-electron chi connectivity index (χ1n) is 9.49. The molecule has 1 aromatic carbocycles. The van der Waals surface area contributed by atoms with Crippen LogP contribution in [0.2, 0.25) is 0 Å². The highest BCUT2D eigenvalue weighted by molar-refractivity contribution is 9.11. The van der Waals surface area contributed by atoms with Crippen LogP contribution >= 0.6 is 31.9 Å². The van der Waals surface area contributed by atoms with Gasteiger partial charge in [0.2, 0.25) is 5.91 Å². The zero-order valence-electron chi connectivity index (χ0n) is 15.7. The highest BCUT2D eigenvalue weighted by atomic mass is 79.9. The van der Waals surface area contributed by atoms with Gasteiger partial charge in [-0.1, -0.05) is 0 Å². The summed E-state index contributed by atoms with van der Waals surface area (Å²) in [5, 5.41) is 9.82. The van der Waals surface area contributed by atoms with Gasteiger partial charge < -0.3 is 20.6 Å². The zero-order valence-corrected chi connectivity index (χ0v) is 18.9. The third kappa shape index (κ3) is 5.23. The second-order valence-corrected chi connectivity index (χ2v) is 9.32. The molecule has 3 rings (SSSR count). The third-order valence-electron chi connectivity index (χ3n) is 5.68. The number of piperidine rings is 1. The lowest BCUT2D eigenvalue weighted by atomic mass is 10.00. The molecule has 6 nitrogen and oxygen atoms in total. The predicted molar refractivity (Wildman–Crippen MR) is 114 cm³/mol. The highest BCUT2D eigenvalue weighted by Gasteiger charge is 2.30. The summed E-state index contributed by atoms with van der Waals surface area (Å²) < 4.78 is 1.19. The molecule has 0 aliphatic carbocycles. The number of likely N-dealkylation sites (tertiary alicyclic amines) is 1. The Labute approximate surface area is 177 Å². The molecule has 8 heteroatoms. The average molecular weight is 504 g/mol. The standard InChI is InChI=1S/C19H28Br2N4O2/c1-23-6-8-24(9-7-23)14-2-4-25(5-3-14)19(27)17(22)12-13-10-15(20)18(26)16(21)11-13/h10-11,14,17,26H,2-9,12,22H2,1H3/t17-/m0/s1. The Kier molecular flexibility index (Phi) is 7.19. The van der Waals surface area contributed by atoms with E-state index in [2.05, 4.69) is 48.7 Å². The van der Waals surface area contributed by atoms with Crippen LogP contribution < -0.4 is 5.73 Å². The molecule has 0 bridgehead atoms. The van der Waals surface area contributed by atoms with Crippen molar-refractivity contribution < 1.29 is 9.90 Å². The summed E-state index contributed by atoms with van der Waals surface area (Å²) in [6, 6.07) is 3.65. The number of carbonyl (C=O) groups is 1. The van der Waals surface area contributed by atoms with Crippen molar-refractivity contribution in [3.63, 3.8) is 0 Å². The van der Waals surface area contributed by atoms with Gasteiger partial charge in [0.15, 0.2) is 0 Å². The predicted octanol–water partition coefficient (Wildman–Crippen LogP) is 2.03. The van der Waals surface area contributed by atoms with E-state index < -0.39 is 6.04 Å². The van der Waals surface area contributed by atoms with Crippen molar-refractivity contribution in [2.45, 2.75) is 31.3 Å². The van der Waals surface area contributed by atoms with E-state index in [0.717, 1.165) is 57.7 Å². The largest absolute Gasteiger partial charge is 0.506 e. The molecule has 2 aliphatic heterocycles. The normalized spacial score (nSPS) is 21.4. The van der Waals surface area contributed by atoms with Crippen molar-refractivity contribution in [2.24, 2.45) is 5.73 Å². The summed E-state index contributed by atoms with van der Waals surface area (Å²) >= 11 is 6.65. The molecule has 27 heavy (non-hydrogen) atoms. The smallest absolute Gasteiger partial charge is 0.239 e. The van der Waals surface area contributed by atoms with Crippen LogP contribution in [0.15, 0.2) is 21.1 Å². The number of nitrogens with two attached hydrogens (primary N) is 1. The first-order valence-corrected chi connectivity index (χ1v) is 11.1. The molecule has 2 heterocycles. The molecule has 150 valence electrons. The van der Waals surface area contributed by atoms with Gasteiger partial charge >= 0.3 is 0 Å². The van der Waals surface area contributed by atoms with Crippen molar-refractivity contribution in [2.75, 3.05) is 46.3 Å². The third-order valence-corrected chi connectivity index (χ3v) is 6.89. The Morgan fingerprint density at radius 3 is 2.26 bits per heavy atom. The molecule has 0 unspecified atom stereocenters. The fourth-order valence-electron chi connectivity index (χ4n) is 3.95. The lowest BCUT2D eigenvalue weighted by molar-refractivity contribution is -0.134. The van der Waals surface area contributed by atoms with Crippen LogP contribution in [0.25, 0.3) is 0 Å². The van der Waals surface area contributed by atoms with Crippen molar-refractivity contribution in [3.8, 4) is 5.75 Å². The minimum absolute atomic E-state index is 0.0205. The van der Waals surface area contributed by atoms with Crippen LogP contribution in [-0.2, 0) is 11.2 Å². The van der Waals surface area contributed by atoms with Crippen molar-refractivity contribution in [1.82, 2.24) is 14.7 Å². The lowest BCUT2D eigenvalue weighted by Gasteiger charge is -2.42. The Balaban J connectivity index is 1.51. The number of likely N-dealkylation sites (N-methyl/N-ethyl adjacent to an activating group) is 1. The maximum absolute atomic E-state index is 12.8. The van der Waals surface area contributed by atoms with Crippen LogP contribution in [0, 0.1) is 0 Å². The van der Waals surface area contributed by atoms with Crippen LogP contribution in [0.5, 0.6) is 5.75 Å². The number of piperazine rings is 1. The van der Waals surface area contributed by atoms with Gasteiger partial charge in [-0.15, -0.1) is 0 Å². The number of carbonyl (C=O) groups excluding carboxylic acids is 1. The Morgan fingerprint density at radius 1 is 1.15 bits per heavy atom. The summed E-state index contributed by atoms with van der Waals surface area (Å²) in [5.41, 5.74) is 7.13. The van der Waals surface area contributed by atoms with Gasteiger partial charge in [-0.05, 0) is 75.9 Å². The second-order valence-electron chi connectivity index (χ2n) is 7.61. The van der Waals surface area contributed by atoms with E-state index in [9.17, 15) is 9.90 Å². The highest BCUT2D eigenvalue weighted by Crippen LogP contribution is 2.33. The Morgan fingerprint density at radius 2 is 1.70 bits per heavy atom. The number of benzene rings is 1. The van der Waals surface area contributed by atoms with Gasteiger partial charge in [-0.2, -0.15) is 0 Å². The van der Waals surface area contributed by atoms with Gasteiger partial charge in [0, 0.05) is 45.3 Å². The summed E-state index contributed by atoms with van der Waals surface area (Å²) in [5.74, 6) is 0.178. The first kappa shape index (κ1) is 21.0. The number of halogens is 2. The summed E-state index contributed by atoms with van der Waals surface area (Å²) in [4.78, 5) is 19.6. The molecule has 1 aromatic rings. The molecule has 0 spiro atoms. The number of phenols is 1. The van der Waals surface area contributed by atoms with Crippen LogP contribution in [0.4, 0.5) is 0 Å². The molecule has 1 atom stereocenters. The van der Waals surface area contributed by atoms with Gasteiger partial charge in [0.05, 0.1) is 15.0 Å². The number of nitrogens with zero attached hydrogens (tertiary/aromatic N) is 3. The molecule has 1 amide bonds. The monoisotopic (exact) mass is 502 g/mol. The van der Waals surface area contributed by atoms with Gasteiger partial charge in [0.1, 0.15) is 5.75 Å². The van der Waals surface area contributed by atoms with E-state index >= 15 is 0 Å². The molecule has 0 radical (unpaired) electrons. The Bertz CT molecular complexity index is 649. The van der Waals surface area contributed by atoms with E-state index in [1.807, 2.05) is 17.0 Å². The maximum Gasteiger partial charge on any atom is 0.239 e. The first-order chi connectivity index (χ1) is 12.8. The topological polar surface area (TPSA) is 73.0 Å². The maximum atomic E-state index is 12.8. The van der Waals surface area contributed by atoms with E-state index in [0.29, 0.717) is 21.4 Å². The van der Waals surface area contributed by atoms with Crippen molar-refractivity contribution in [3.05, 3.63) is 26.6 Å². The van der Waals surface area contributed by atoms with Gasteiger partial charge in [0.25, 0.3) is 0 Å². The quantitative estimate of drug-likeness (QED) is 0.657. The minimum atomic E-state index is -0.562. The van der Waals surface area contributed by atoms with Crippen LogP contribution in [0.1, 0.15) is 18.4 Å². The SMILES string of the molecule is CN1CCN(C2CCN(C(=O)[C@@H](N)Cc3cc(Br)c(O)c(Br)c3)CC2)CC1. The fourth-order valence-corrected chi connectivity index (χ4v) is 5.23. The van der Waals surface area contributed by atoms with Crippen molar-refractivity contribution >= 4 is 37.8 Å². The van der Waals surface area contributed by atoms with Crippen LogP contribution in [0.3, 0.4) is 0 Å². The molecule has 2 saturated heterocycles. The second kappa shape index (κ2) is 9.22. The molecule has 2 fully saturated rings. The number of amides is 1. The summed E-state index contributed by atoms with van der Waals surface area (Å²) in [7, 11) is 2.17. The van der Waals surface area contributed by atoms with E-state index in [1.165, 1.54) is 0 Å². The van der Waals surface area contributed by atoms with Gasteiger partial charge in [-0.25, -0.2) is 0 Å². The van der Waals surface area contributed by atoms with E-state index in [4.69, 9.17) is 5.73 Å². The molecule has 0 aromatic heterocycles. The summed E-state index contributed by atoms with van der Waals surface area (Å²) in [6.07, 6.45) is 2.51. The number of hydrogen-bond acceptors (Lipinski definition) is 5. The minimum Gasteiger partial charge on any atom is -0.506 e. The molecule has 0 saturated carbocycles. The number of rotatable bonds is 4. The van der Waals surface area contributed by atoms with E-state index in [-0.39, 0.29) is 11.7 Å². The molecule has 3 N–H and O–H groups in total. The lowest BCUT2D eigenvalue weighted by Crippen LogP contribution is -2.54. The van der Waals surface area contributed by atoms with E-state index in [1.54, 1.807) is 0 Å². The van der Waals surface area contributed by atoms with Crippen molar-refractivity contribution in [1.29, 1.82) is 0 Å². The average Bonchev–Trinajstić information content (AvgIpc) is 2.66. The fraction of sp³-hybridized carbons (Fsp3) is 0.632. The summed E-state index contributed by atoms with van der Waals surface area (Å²) in [6.45, 7) is 6.07. The zero-order chi connectivity index (χ0) is 19.6. The number of aromatic hydroxyl groups is 1. The van der Waals surface area contributed by atoms with Crippen LogP contribution in [-0.4, -0.2) is 84.1 Å². The number of hydrogen-bond donors (Lipinski definition) is 2.